The van der Waals surface area contributed by atoms with Crippen molar-refractivity contribution in [2.24, 2.45) is 10.9 Å². The molecule has 0 saturated heterocycles. The topological polar surface area (TPSA) is 65.7 Å². The number of aliphatic imine (C=N–C) groups is 1. The maximum absolute atomic E-state index is 5.57. The zero-order chi connectivity index (χ0) is 18.9. The van der Waals surface area contributed by atoms with Gasteiger partial charge in [0.15, 0.2) is 5.96 Å². The molecule has 7 heteroatoms. The Labute approximate surface area is 179 Å². The van der Waals surface area contributed by atoms with Gasteiger partial charge < -0.3 is 20.0 Å². The molecule has 0 radical (unpaired) electrons. The minimum atomic E-state index is 0. The standard InChI is InChI=1S/C20H31N5O.HI/c1-15(2)11-18(25(4)5)13-23-20(21-3)22-12-17-14-26-19(24-17)16-9-7-6-8-10-16;/h6-10,14-15,18H,11-13H2,1-5H3,(H2,21,22,23);1H. The Morgan fingerprint density at radius 3 is 2.48 bits per heavy atom. The molecule has 150 valence electrons. The van der Waals surface area contributed by atoms with Gasteiger partial charge in [0, 0.05) is 25.2 Å². The largest absolute Gasteiger partial charge is 0.444 e. The number of nitrogens with one attached hydrogen (secondary N) is 2. The van der Waals surface area contributed by atoms with Gasteiger partial charge in [0.05, 0.1) is 12.2 Å². The first-order chi connectivity index (χ1) is 12.5. The lowest BCUT2D eigenvalue weighted by Gasteiger charge is -2.27. The third-order valence-electron chi connectivity index (χ3n) is 4.21. The molecular formula is C20H32IN5O. The lowest BCUT2D eigenvalue weighted by Crippen LogP contribution is -2.45. The fourth-order valence-corrected chi connectivity index (χ4v) is 2.73. The number of oxazole rings is 1. The molecule has 1 heterocycles. The van der Waals surface area contributed by atoms with Gasteiger partial charge in [0.25, 0.3) is 0 Å². The second-order valence-corrected chi connectivity index (χ2v) is 7.06. The fraction of sp³-hybridized carbons (Fsp3) is 0.500. The van der Waals surface area contributed by atoms with Crippen molar-refractivity contribution in [3.8, 4) is 11.5 Å². The molecule has 0 amide bonds. The van der Waals surface area contributed by atoms with E-state index >= 15 is 0 Å². The molecule has 0 bridgehead atoms. The predicted octanol–water partition coefficient (Wildman–Crippen LogP) is 3.60. The van der Waals surface area contributed by atoms with Crippen molar-refractivity contribution >= 4 is 29.9 Å². The maximum atomic E-state index is 5.57. The second-order valence-electron chi connectivity index (χ2n) is 7.06. The van der Waals surface area contributed by atoms with E-state index in [1.54, 1.807) is 13.3 Å². The van der Waals surface area contributed by atoms with Crippen LogP contribution in [0.3, 0.4) is 0 Å². The first-order valence-electron chi connectivity index (χ1n) is 9.10. The highest BCUT2D eigenvalue weighted by molar-refractivity contribution is 14.0. The summed E-state index contributed by atoms with van der Waals surface area (Å²) < 4.78 is 5.57. The Morgan fingerprint density at radius 2 is 1.89 bits per heavy atom. The Bertz CT molecular complexity index is 685. The molecule has 2 rings (SSSR count). The number of hydrogen-bond donors (Lipinski definition) is 2. The monoisotopic (exact) mass is 485 g/mol. The molecule has 0 fully saturated rings. The van der Waals surface area contributed by atoms with Gasteiger partial charge in [0.2, 0.25) is 5.89 Å². The summed E-state index contributed by atoms with van der Waals surface area (Å²) in [4.78, 5) is 11.1. The van der Waals surface area contributed by atoms with E-state index in [1.807, 2.05) is 30.3 Å². The molecule has 0 spiro atoms. The zero-order valence-electron chi connectivity index (χ0n) is 16.9. The van der Waals surface area contributed by atoms with Crippen LogP contribution >= 0.6 is 24.0 Å². The first kappa shape index (κ1) is 23.4. The number of hydrogen-bond acceptors (Lipinski definition) is 4. The van der Waals surface area contributed by atoms with Crippen LogP contribution in [0.5, 0.6) is 0 Å². The summed E-state index contributed by atoms with van der Waals surface area (Å²) in [5, 5.41) is 6.70. The lowest BCUT2D eigenvalue weighted by atomic mass is 10.0. The van der Waals surface area contributed by atoms with Gasteiger partial charge in [-0.1, -0.05) is 32.0 Å². The minimum absolute atomic E-state index is 0. The number of guanidine groups is 1. The van der Waals surface area contributed by atoms with E-state index in [4.69, 9.17) is 4.42 Å². The summed E-state index contributed by atoms with van der Waals surface area (Å²) in [6.45, 7) is 5.91. The van der Waals surface area contributed by atoms with E-state index in [1.165, 1.54) is 0 Å². The van der Waals surface area contributed by atoms with Crippen molar-refractivity contribution < 1.29 is 4.42 Å². The van der Waals surface area contributed by atoms with Crippen LogP contribution in [0.1, 0.15) is 26.0 Å². The summed E-state index contributed by atoms with van der Waals surface area (Å²) in [7, 11) is 6.01. The Kier molecular flexibility index (Phi) is 10.4. The fourth-order valence-electron chi connectivity index (χ4n) is 2.73. The maximum Gasteiger partial charge on any atom is 0.226 e. The Morgan fingerprint density at radius 1 is 1.19 bits per heavy atom. The summed E-state index contributed by atoms with van der Waals surface area (Å²) in [6.07, 6.45) is 2.82. The van der Waals surface area contributed by atoms with Crippen LogP contribution in [-0.2, 0) is 6.54 Å². The van der Waals surface area contributed by atoms with Crippen molar-refractivity contribution in [2.75, 3.05) is 27.7 Å². The Hall–Kier alpha value is -1.61. The third kappa shape index (κ3) is 7.88. The second kappa shape index (κ2) is 12.0. The number of benzene rings is 1. The van der Waals surface area contributed by atoms with Gasteiger partial charge in [-0.05, 0) is 38.6 Å². The van der Waals surface area contributed by atoms with E-state index in [0.717, 1.165) is 30.2 Å². The highest BCUT2D eigenvalue weighted by atomic mass is 127. The average Bonchev–Trinajstić information content (AvgIpc) is 3.10. The molecule has 6 nitrogen and oxygen atoms in total. The van der Waals surface area contributed by atoms with Crippen molar-refractivity contribution in [1.82, 2.24) is 20.5 Å². The highest BCUT2D eigenvalue weighted by Gasteiger charge is 2.14. The quantitative estimate of drug-likeness (QED) is 0.340. The van der Waals surface area contributed by atoms with E-state index in [-0.39, 0.29) is 24.0 Å². The summed E-state index contributed by atoms with van der Waals surface area (Å²) in [5.74, 6) is 2.06. The smallest absolute Gasteiger partial charge is 0.226 e. The number of likely N-dealkylation sites (N-methyl/N-ethyl adjacent to an activating group) is 1. The van der Waals surface area contributed by atoms with Crippen LogP contribution in [0.25, 0.3) is 11.5 Å². The molecule has 2 aromatic rings. The van der Waals surface area contributed by atoms with E-state index in [9.17, 15) is 0 Å². The first-order valence-corrected chi connectivity index (χ1v) is 9.10. The van der Waals surface area contributed by atoms with Crippen LogP contribution in [0.4, 0.5) is 0 Å². The normalized spacial score (nSPS) is 12.8. The van der Waals surface area contributed by atoms with Crippen molar-refractivity contribution in [3.63, 3.8) is 0 Å². The highest BCUT2D eigenvalue weighted by Crippen LogP contribution is 2.17. The zero-order valence-corrected chi connectivity index (χ0v) is 19.2. The molecule has 1 aromatic heterocycles. The molecule has 1 atom stereocenters. The Balaban J connectivity index is 0.00000364. The van der Waals surface area contributed by atoms with Gasteiger partial charge in [-0.2, -0.15) is 0 Å². The van der Waals surface area contributed by atoms with Crippen LogP contribution in [-0.4, -0.2) is 49.6 Å². The summed E-state index contributed by atoms with van der Waals surface area (Å²) in [5.41, 5.74) is 1.82. The van der Waals surface area contributed by atoms with Gasteiger partial charge >= 0.3 is 0 Å². The molecule has 1 aromatic carbocycles. The van der Waals surface area contributed by atoms with Gasteiger partial charge in [-0.3, -0.25) is 4.99 Å². The number of aromatic nitrogens is 1. The van der Waals surface area contributed by atoms with E-state index in [2.05, 4.69) is 53.5 Å². The molecule has 0 aliphatic carbocycles. The van der Waals surface area contributed by atoms with Gasteiger partial charge in [-0.25, -0.2) is 4.98 Å². The van der Waals surface area contributed by atoms with Crippen LogP contribution in [0.15, 0.2) is 46.0 Å². The summed E-state index contributed by atoms with van der Waals surface area (Å²) in [6, 6.07) is 10.4. The minimum Gasteiger partial charge on any atom is -0.444 e. The van der Waals surface area contributed by atoms with Gasteiger partial charge in [-0.15, -0.1) is 24.0 Å². The molecule has 0 aliphatic rings. The number of nitrogens with zero attached hydrogens (tertiary/aromatic N) is 3. The van der Waals surface area contributed by atoms with E-state index < -0.39 is 0 Å². The molecule has 2 N–H and O–H groups in total. The van der Waals surface area contributed by atoms with Crippen molar-refractivity contribution in [3.05, 3.63) is 42.3 Å². The average molecular weight is 485 g/mol. The SMILES string of the molecule is CN=C(NCc1coc(-c2ccccc2)n1)NCC(CC(C)C)N(C)C.I. The van der Waals surface area contributed by atoms with Crippen molar-refractivity contribution in [1.29, 1.82) is 0 Å². The molecule has 0 aliphatic heterocycles. The third-order valence-corrected chi connectivity index (χ3v) is 4.21. The van der Waals surface area contributed by atoms with Gasteiger partial charge in [0.1, 0.15) is 6.26 Å². The van der Waals surface area contributed by atoms with Crippen molar-refractivity contribution in [2.45, 2.75) is 32.9 Å². The lowest BCUT2D eigenvalue weighted by molar-refractivity contribution is 0.254. The predicted molar refractivity (Wildman–Crippen MR) is 122 cm³/mol. The van der Waals surface area contributed by atoms with Crippen LogP contribution < -0.4 is 10.6 Å². The molecule has 0 saturated carbocycles. The van der Waals surface area contributed by atoms with Crippen LogP contribution in [0, 0.1) is 5.92 Å². The molecular weight excluding hydrogens is 453 g/mol. The molecule has 1 unspecified atom stereocenters. The number of halogens is 1. The van der Waals surface area contributed by atoms with Crippen LogP contribution in [0.2, 0.25) is 0 Å². The summed E-state index contributed by atoms with van der Waals surface area (Å²) >= 11 is 0. The molecule has 27 heavy (non-hydrogen) atoms. The van der Waals surface area contributed by atoms with E-state index in [0.29, 0.717) is 24.4 Å². The number of rotatable bonds is 8.